The van der Waals surface area contributed by atoms with E-state index >= 15 is 0 Å². The quantitative estimate of drug-likeness (QED) is 0.693. The zero-order valence-corrected chi connectivity index (χ0v) is 12.4. The second-order valence-electron chi connectivity index (χ2n) is 4.95. The highest BCUT2D eigenvalue weighted by Gasteiger charge is 2.11. The number of nitrogens with one attached hydrogen (secondary N) is 1. The lowest BCUT2D eigenvalue weighted by Crippen LogP contribution is -2.28. The molecule has 0 amide bonds. The van der Waals surface area contributed by atoms with Crippen molar-refractivity contribution in [2.24, 2.45) is 0 Å². The Balaban J connectivity index is 2.23. The van der Waals surface area contributed by atoms with Gasteiger partial charge in [-0.3, -0.25) is 0 Å². The molecule has 2 unspecified atom stereocenters. The Labute approximate surface area is 110 Å². The first-order valence-corrected chi connectivity index (χ1v) is 7.63. The lowest BCUT2D eigenvalue weighted by molar-refractivity contribution is 0.437. The molecule has 3 heteroatoms. The summed E-state index contributed by atoms with van der Waals surface area (Å²) in [6, 6.07) is 0.973. The molecule has 98 valence electrons. The van der Waals surface area contributed by atoms with E-state index in [4.69, 9.17) is 0 Å². The van der Waals surface area contributed by atoms with E-state index in [0.717, 1.165) is 0 Å². The zero-order chi connectivity index (χ0) is 12.7. The summed E-state index contributed by atoms with van der Waals surface area (Å²) in [5.74, 6) is 0. The summed E-state index contributed by atoms with van der Waals surface area (Å²) in [6.07, 6.45) is 8.63. The number of thiazole rings is 1. The van der Waals surface area contributed by atoms with Crippen LogP contribution in [0.2, 0.25) is 0 Å². The highest BCUT2D eigenvalue weighted by Crippen LogP contribution is 2.20. The largest absolute Gasteiger partial charge is 0.306 e. The zero-order valence-electron chi connectivity index (χ0n) is 11.6. The average Bonchev–Trinajstić information content (AvgIpc) is 2.71. The van der Waals surface area contributed by atoms with Crippen LogP contribution in [0.4, 0.5) is 0 Å². The van der Waals surface area contributed by atoms with Gasteiger partial charge in [0.1, 0.15) is 5.01 Å². The maximum Gasteiger partial charge on any atom is 0.109 e. The van der Waals surface area contributed by atoms with Gasteiger partial charge in [0.25, 0.3) is 0 Å². The smallest absolute Gasteiger partial charge is 0.109 e. The maximum absolute atomic E-state index is 4.43. The molecule has 0 aromatic carbocycles. The monoisotopic (exact) mass is 254 g/mol. The molecule has 1 aromatic rings. The molecule has 17 heavy (non-hydrogen) atoms. The van der Waals surface area contributed by atoms with Crippen molar-refractivity contribution < 1.29 is 0 Å². The van der Waals surface area contributed by atoms with E-state index in [9.17, 15) is 0 Å². The number of nitrogens with zero attached hydrogens (tertiary/aromatic N) is 1. The Hall–Kier alpha value is -0.410. The predicted octanol–water partition coefficient (Wildman–Crippen LogP) is 4.46. The number of hydrogen-bond donors (Lipinski definition) is 1. The minimum atomic E-state index is 0.384. The van der Waals surface area contributed by atoms with Crippen LogP contribution in [-0.4, -0.2) is 11.0 Å². The molecule has 1 aromatic heterocycles. The van der Waals surface area contributed by atoms with Crippen LogP contribution in [-0.2, 0) is 0 Å². The van der Waals surface area contributed by atoms with Crippen LogP contribution < -0.4 is 5.32 Å². The van der Waals surface area contributed by atoms with Crippen molar-refractivity contribution in [2.75, 3.05) is 0 Å². The molecular formula is C14H26N2S. The Morgan fingerprint density at radius 2 is 2.06 bits per heavy atom. The number of rotatable bonds is 8. The van der Waals surface area contributed by atoms with Gasteiger partial charge < -0.3 is 5.32 Å². The highest BCUT2D eigenvalue weighted by molar-refractivity contribution is 7.11. The molecule has 0 spiro atoms. The standard InChI is InChI=1S/C14H26N2S/c1-5-6-7-8-9-11(2)16-13(4)14-15-10-12(3)17-14/h10-11,13,16H,5-9H2,1-4H3. The van der Waals surface area contributed by atoms with Gasteiger partial charge >= 0.3 is 0 Å². The molecule has 0 radical (unpaired) electrons. The number of aromatic nitrogens is 1. The van der Waals surface area contributed by atoms with Crippen molar-refractivity contribution in [3.05, 3.63) is 16.1 Å². The van der Waals surface area contributed by atoms with Crippen LogP contribution in [0.3, 0.4) is 0 Å². The number of hydrogen-bond acceptors (Lipinski definition) is 3. The Morgan fingerprint density at radius 1 is 1.29 bits per heavy atom. The third kappa shape index (κ3) is 5.64. The molecule has 0 aliphatic carbocycles. The summed E-state index contributed by atoms with van der Waals surface area (Å²) in [7, 11) is 0. The molecule has 0 fully saturated rings. The first-order chi connectivity index (χ1) is 8.13. The molecule has 2 nitrogen and oxygen atoms in total. The van der Waals surface area contributed by atoms with Crippen LogP contribution in [0.1, 0.15) is 68.8 Å². The fourth-order valence-electron chi connectivity index (χ4n) is 2.03. The van der Waals surface area contributed by atoms with E-state index in [1.165, 1.54) is 42.0 Å². The Kier molecular flexibility index (Phi) is 6.75. The molecule has 1 rings (SSSR count). The summed E-state index contributed by atoms with van der Waals surface area (Å²) in [6.45, 7) is 8.86. The van der Waals surface area contributed by atoms with E-state index in [-0.39, 0.29) is 0 Å². The van der Waals surface area contributed by atoms with Gasteiger partial charge in [0.2, 0.25) is 0 Å². The lowest BCUT2D eigenvalue weighted by atomic mass is 10.1. The third-order valence-electron chi connectivity index (χ3n) is 3.03. The molecule has 0 aliphatic heterocycles. The van der Waals surface area contributed by atoms with Crippen molar-refractivity contribution >= 4 is 11.3 Å². The molecular weight excluding hydrogens is 228 g/mol. The van der Waals surface area contributed by atoms with Gasteiger partial charge in [-0.15, -0.1) is 11.3 Å². The fourth-order valence-corrected chi connectivity index (χ4v) is 2.82. The summed E-state index contributed by atoms with van der Waals surface area (Å²) in [5, 5.41) is 4.85. The van der Waals surface area contributed by atoms with Gasteiger partial charge in [0.05, 0.1) is 6.04 Å². The summed E-state index contributed by atoms with van der Waals surface area (Å²) in [5.41, 5.74) is 0. The van der Waals surface area contributed by atoms with Gasteiger partial charge in [-0.25, -0.2) is 4.98 Å². The van der Waals surface area contributed by atoms with E-state index < -0.39 is 0 Å². The highest BCUT2D eigenvalue weighted by atomic mass is 32.1. The molecule has 2 atom stereocenters. The van der Waals surface area contributed by atoms with Crippen molar-refractivity contribution in [3.8, 4) is 0 Å². The first kappa shape index (κ1) is 14.7. The van der Waals surface area contributed by atoms with Gasteiger partial charge in [-0.1, -0.05) is 32.6 Å². The number of unbranched alkanes of at least 4 members (excludes halogenated alkanes) is 3. The molecule has 1 heterocycles. The predicted molar refractivity (Wildman–Crippen MR) is 76.6 cm³/mol. The molecule has 1 N–H and O–H groups in total. The van der Waals surface area contributed by atoms with Crippen LogP contribution in [0.25, 0.3) is 0 Å². The minimum absolute atomic E-state index is 0.384. The first-order valence-electron chi connectivity index (χ1n) is 6.81. The van der Waals surface area contributed by atoms with Gasteiger partial charge in [-0.05, 0) is 27.2 Å². The summed E-state index contributed by atoms with van der Waals surface area (Å²) in [4.78, 5) is 5.73. The van der Waals surface area contributed by atoms with Crippen molar-refractivity contribution in [1.29, 1.82) is 0 Å². The normalized spacial score (nSPS) is 14.8. The van der Waals surface area contributed by atoms with Crippen LogP contribution in [0.15, 0.2) is 6.20 Å². The van der Waals surface area contributed by atoms with Gasteiger partial charge in [0, 0.05) is 17.1 Å². The molecule has 0 aliphatic rings. The van der Waals surface area contributed by atoms with Crippen molar-refractivity contribution in [2.45, 2.75) is 71.9 Å². The topological polar surface area (TPSA) is 24.9 Å². The van der Waals surface area contributed by atoms with E-state index in [2.05, 4.69) is 38.0 Å². The minimum Gasteiger partial charge on any atom is -0.306 e. The summed E-state index contributed by atoms with van der Waals surface area (Å²) < 4.78 is 0. The van der Waals surface area contributed by atoms with Crippen LogP contribution in [0.5, 0.6) is 0 Å². The molecule has 0 saturated heterocycles. The third-order valence-corrected chi connectivity index (χ3v) is 4.13. The Morgan fingerprint density at radius 3 is 2.65 bits per heavy atom. The van der Waals surface area contributed by atoms with E-state index in [1.807, 2.05) is 6.20 Å². The van der Waals surface area contributed by atoms with Gasteiger partial charge in [0.15, 0.2) is 0 Å². The van der Waals surface area contributed by atoms with E-state index in [1.54, 1.807) is 11.3 Å². The van der Waals surface area contributed by atoms with Crippen LogP contribution in [0, 0.1) is 6.92 Å². The van der Waals surface area contributed by atoms with Gasteiger partial charge in [-0.2, -0.15) is 0 Å². The molecule has 0 bridgehead atoms. The second kappa shape index (κ2) is 7.83. The number of aryl methyl sites for hydroxylation is 1. The van der Waals surface area contributed by atoms with E-state index in [0.29, 0.717) is 12.1 Å². The van der Waals surface area contributed by atoms with Crippen LogP contribution >= 0.6 is 11.3 Å². The van der Waals surface area contributed by atoms with Crippen molar-refractivity contribution in [1.82, 2.24) is 10.3 Å². The average molecular weight is 254 g/mol. The lowest BCUT2D eigenvalue weighted by Gasteiger charge is -2.18. The maximum atomic E-state index is 4.43. The SMILES string of the molecule is CCCCCCC(C)NC(C)c1ncc(C)s1. The fraction of sp³-hybridized carbons (Fsp3) is 0.786. The summed E-state index contributed by atoms with van der Waals surface area (Å²) >= 11 is 1.80. The molecule has 0 saturated carbocycles. The second-order valence-corrected chi connectivity index (χ2v) is 6.21. The van der Waals surface area contributed by atoms with Crippen molar-refractivity contribution in [3.63, 3.8) is 0 Å². The Bertz CT molecular complexity index is 309.